The zero-order valence-corrected chi connectivity index (χ0v) is 11.8. The summed E-state index contributed by atoms with van der Waals surface area (Å²) in [7, 11) is 0. The molecule has 0 saturated heterocycles. The Hall–Kier alpha value is -1.49. The van der Waals surface area contributed by atoms with Crippen LogP contribution >= 0.6 is 15.9 Å². The summed E-state index contributed by atoms with van der Waals surface area (Å²) in [6.07, 6.45) is 3.05. The summed E-state index contributed by atoms with van der Waals surface area (Å²) in [4.78, 5) is 14.1. The average molecular weight is 312 g/mol. The number of hydrogen-bond donors (Lipinski definition) is 0. The molecule has 0 N–H and O–H groups in total. The molecule has 18 heavy (non-hydrogen) atoms. The Kier molecular flexibility index (Phi) is 3.91. The molecule has 2 rings (SSSR count). The number of carbonyl (C=O) groups is 1. The zero-order chi connectivity index (χ0) is 13.1. The van der Waals surface area contributed by atoms with Crippen LogP contribution in [-0.4, -0.2) is 16.8 Å². The van der Waals surface area contributed by atoms with Crippen molar-refractivity contribution in [1.82, 2.24) is 4.90 Å². The first-order valence-corrected chi connectivity index (χ1v) is 6.44. The second kappa shape index (κ2) is 5.44. The summed E-state index contributed by atoms with van der Waals surface area (Å²) in [5, 5.41) is 0. The van der Waals surface area contributed by atoms with Crippen LogP contribution in [0.5, 0.6) is 0 Å². The van der Waals surface area contributed by atoms with Crippen molar-refractivity contribution in [1.29, 1.82) is 0 Å². The molecule has 0 aliphatic carbocycles. The number of amides is 1. The van der Waals surface area contributed by atoms with E-state index in [-0.39, 0.29) is 11.9 Å². The van der Waals surface area contributed by atoms with Gasteiger partial charge in [0.1, 0.15) is 12.0 Å². The smallest absolute Gasteiger partial charge is 0.257 e. The number of carbonyl (C=O) groups excluding carboxylic acids is 1. The van der Waals surface area contributed by atoms with E-state index in [9.17, 15) is 4.79 Å². The maximum Gasteiger partial charge on any atom is 0.257 e. The van der Waals surface area contributed by atoms with Crippen molar-refractivity contribution < 1.29 is 13.6 Å². The van der Waals surface area contributed by atoms with E-state index in [1.807, 2.05) is 26.0 Å². The fourth-order valence-corrected chi connectivity index (χ4v) is 1.99. The van der Waals surface area contributed by atoms with Crippen LogP contribution < -0.4 is 0 Å². The summed E-state index contributed by atoms with van der Waals surface area (Å²) in [6.45, 7) is 4.39. The maximum atomic E-state index is 12.3. The molecule has 1 amide bonds. The van der Waals surface area contributed by atoms with E-state index < -0.39 is 0 Å². The van der Waals surface area contributed by atoms with E-state index in [0.29, 0.717) is 16.8 Å². The van der Waals surface area contributed by atoms with Gasteiger partial charge in [-0.25, -0.2) is 0 Å². The summed E-state index contributed by atoms with van der Waals surface area (Å²) >= 11 is 3.19. The fourth-order valence-electron chi connectivity index (χ4n) is 1.65. The highest BCUT2D eigenvalue weighted by Crippen LogP contribution is 2.18. The molecule has 0 fully saturated rings. The molecule has 0 unspecified atom stereocenters. The molecule has 0 aromatic carbocycles. The molecule has 5 heteroatoms. The first kappa shape index (κ1) is 13.0. The van der Waals surface area contributed by atoms with Crippen LogP contribution in [-0.2, 0) is 6.54 Å². The van der Waals surface area contributed by atoms with E-state index in [2.05, 4.69) is 15.9 Å². The van der Waals surface area contributed by atoms with Gasteiger partial charge in [0.25, 0.3) is 5.91 Å². The predicted molar refractivity (Wildman–Crippen MR) is 70.1 cm³/mol. The Labute approximate surface area is 114 Å². The Morgan fingerprint density at radius 2 is 2.22 bits per heavy atom. The van der Waals surface area contributed by atoms with Gasteiger partial charge < -0.3 is 13.7 Å². The minimum absolute atomic E-state index is 0.0733. The Bertz CT molecular complexity index is 516. The first-order valence-electron chi connectivity index (χ1n) is 5.65. The molecule has 96 valence electrons. The van der Waals surface area contributed by atoms with Crippen LogP contribution in [0.2, 0.25) is 0 Å². The van der Waals surface area contributed by atoms with Gasteiger partial charge in [-0.15, -0.1) is 0 Å². The van der Waals surface area contributed by atoms with E-state index in [1.54, 1.807) is 17.2 Å². The van der Waals surface area contributed by atoms with Crippen molar-refractivity contribution in [2.45, 2.75) is 26.4 Å². The van der Waals surface area contributed by atoms with Crippen LogP contribution in [0.1, 0.15) is 30.0 Å². The molecule has 2 heterocycles. The standard InChI is InChI=1S/C13H14BrNO3/c1-9(2)15(7-11-4-3-5-17-11)13(16)10-6-12(14)18-8-10/h3-6,8-9H,7H2,1-2H3. The highest BCUT2D eigenvalue weighted by Gasteiger charge is 2.21. The monoisotopic (exact) mass is 311 g/mol. The highest BCUT2D eigenvalue weighted by atomic mass is 79.9. The third kappa shape index (κ3) is 2.85. The van der Waals surface area contributed by atoms with Gasteiger partial charge >= 0.3 is 0 Å². The molecule has 2 aromatic rings. The summed E-state index contributed by atoms with van der Waals surface area (Å²) < 4.78 is 10.9. The molecule has 0 aliphatic rings. The number of nitrogens with zero attached hydrogens (tertiary/aromatic N) is 1. The van der Waals surface area contributed by atoms with Gasteiger partial charge in [0.05, 0.1) is 18.4 Å². The van der Waals surface area contributed by atoms with Gasteiger partial charge in [0.15, 0.2) is 4.67 Å². The number of furan rings is 2. The van der Waals surface area contributed by atoms with Gasteiger partial charge in [0, 0.05) is 12.1 Å². The van der Waals surface area contributed by atoms with Gasteiger partial charge in [-0.2, -0.15) is 0 Å². The quantitative estimate of drug-likeness (QED) is 0.865. The molecule has 0 saturated carbocycles. The summed E-state index contributed by atoms with van der Waals surface area (Å²) in [5.74, 6) is 0.690. The Morgan fingerprint density at radius 1 is 1.44 bits per heavy atom. The Morgan fingerprint density at radius 3 is 2.72 bits per heavy atom. The van der Waals surface area contributed by atoms with E-state index in [0.717, 1.165) is 5.76 Å². The third-order valence-electron chi connectivity index (χ3n) is 2.60. The molecular weight excluding hydrogens is 298 g/mol. The van der Waals surface area contributed by atoms with Gasteiger partial charge in [-0.05, 0) is 41.9 Å². The van der Waals surface area contributed by atoms with Crippen LogP contribution in [0.25, 0.3) is 0 Å². The summed E-state index contributed by atoms with van der Waals surface area (Å²) in [6, 6.07) is 5.41. The SMILES string of the molecule is CC(C)N(Cc1ccco1)C(=O)c1coc(Br)c1. The molecule has 0 aliphatic heterocycles. The fraction of sp³-hybridized carbons (Fsp3) is 0.308. The van der Waals surface area contributed by atoms with Crippen molar-refractivity contribution >= 4 is 21.8 Å². The molecular formula is C13H14BrNO3. The van der Waals surface area contributed by atoms with Crippen LogP contribution in [0.3, 0.4) is 0 Å². The van der Waals surface area contributed by atoms with E-state index in [4.69, 9.17) is 8.83 Å². The molecule has 0 bridgehead atoms. The predicted octanol–water partition coefficient (Wildman–Crippen LogP) is 3.69. The van der Waals surface area contributed by atoms with Crippen molar-refractivity contribution in [2.24, 2.45) is 0 Å². The molecule has 4 nitrogen and oxygen atoms in total. The first-order chi connectivity index (χ1) is 8.58. The highest BCUT2D eigenvalue weighted by molar-refractivity contribution is 9.10. The van der Waals surface area contributed by atoms with E-state index >= 15 is 0 Å². The van der Waals surface area contributed by atoms with Crippen molar-refractivity contribution in [3.8, 4) is 0 Å². The molecule has 0 spiro atoms. The van der Waals surface area contributed by atoms with Crippen molar-refractivity contribution in [3.63, 3.8) is 0 Å². The van der Waals surface area contributed by atoms with Gasteiger partial charge in [0.2, 0.25) is 0 Å². The lowest BCUT2D eigenvalue weighted by atomic mass is 10.2. The average Bonchev–Trinajstić information content (AvgIpc) is 2.95. The molecule has 0 atom stereocenters. The van der Waals surface area contributed by atoms with Crippen molar-refractivity contribution in [2.75, 3.05) is 0 Å². The summed E-state index contributed by atoms with van der Waals surface area (Å²) in [5.41, 5.74) is 0.530. The minimum Gasteiger partial charge on any atom is -0.467 e. The second-order valence-electron chi connectivity index (χ2n) is 4.25. The normalized spacial score (nSPS) is 10.9. The van der Waals surface area contributed by atoms with Crippen molar-refractivity contribution in [3.05, 3.63) is 46.7 Å². The van der Waals surface area contributed by atoms with Gasteiger partial charge in [-0.1, -0.05) is 0 Å². The van der Waals surface area contributed by atoms with E-state index in [1.165, 1.54) is 6.26 Å². The number of rotatable bonds is 4. The van der Waals surface area contributed by atoms with Crippen LogP contribution in [0.4, 0.5) is 0 Å². The zero-order valence-electron chi connectivity index (χ0n) is 10.2. The second-order valence-corrected chi connectivity index (χ2v) is 5.03. The van der Waals surface area contributed by atoms with Crippen LogP contribution in [0.15, 0.2) is 44.2 Å². The lowest BCUT2D eigenvalue weighted by Crippen LogP contribution is -2.36. The lowest BCUT2D eigenvalue weighted by Gasteiger charge is -2.25. The van der Waals surface area contributed by atoms with Crippen LogP contribution in [0, 0.1) is 0 Å². The maximum absolute atomic E-state index is 12.3. The number of hydrogen-bond acceptors (Lipinski definition) is 3. The third-order valence-corrected chi connectivity index (χ3v) is 3.02. The topological polar surface area (TPSA) is 46.6 Å². The minimum atomic E-state index is -0.0733. The number of halogens is 1. The van der Waals surface area contributed by atoms with Gasteiger partial charge in [-0.3, -0.25) is 4.79 Å². The largest absolute Gasteiger partial charge is 0.467 e. The lowest BCUT2D eigenvalue weighted by molar-refractivity contribution is 0.0675. The molecule has 2 aromatic heterocycles. The molecule has 0 radical (unpaired) electrons. The Balaban J connectivity index is 2.17.